The first-order chi connectivity index (χ1) is 13.1. The van der Waals surface area contributed by atoms with E-state index in [1.54, 1.807) is 53.1 Å². The Hall–Kier alpha value is -2.38. The predicted molar refractivity (Wildman–Crippen MR) is 105 cm³/mol. The van der Waals surface area contributed by atoms with Crippen molar-refractivity contribution in [3.05, 3.63) is 53.1 Å². The first-order valence-corrected chi connectivity index (χ1v) is 10.0. The number of carbonyl (C=O) groups is 2. The number of fused-ring (bicyclic) bond motifs is 1. The largest absolute Gasteiger partial charge is 0.486 e. The van der Waals surface area contributed by atoms with Gasteiger partial charge in [-0.15, -0.1) is 11.8 Å². The number of rotatable bonds is 3. The molecular formula is C19H17ClN2O4S. The second-order valence-electron chi connectivity index (χ2n) is 6.12. The van der Waals surface area contributed by atoms with Crippen molar-refractivity contribution in [1.82, 2.24) is 4.90 Å². The van der Waals surface area contributed by atoms with Crippen molar-refractivity contribution in [2.45, 2.75) is 6.04 Å². The average molecular weight is 405 g/mol. The molecule has 0 radical (unpaired) electrons. The summed E-state index contributed by atoms with van der Waals surface area (Å²) in [5, 5.41) is 3.19. The standard InChI is InChI=1S/C19H17ClN2O4S/c20-13-8-16-17(26-7-6-25-16)9-14(13)21-18(23)15-10-27-11-22(15)19(24)12-4-2-1-3-5-12/h1-5,8-9,15H,6-7,10-11H2,(H,21,23)/t15-/m0/s1. The number of hydrogen-bond donors (Lipinski definition) is 1. The molecule has 1 N–H and O–H groups in total. The fourth-order valence-corrected chi connectivity index (χ4v) is 4.34. The van der Waals surface area contributed by atoms with E-state index in [9.17, 15) is 9.59 Å². The molecule has 0 saturated carbocycles. The third-order valence-corrected chi connectivity index (χ3v) is 5.68. The lowest BCUT2D eigenvalue weighted by Crippen LogP contribution is -2.44. The Morgan fingerprint density at radius 3 is 2.56 bits per heavy atom. The minimum absolute atomic E-state index is 0.158. The maximum Gasteiger partial charge on any atom is 0.255 e. The molecule has 0 aliphatic carbocycles. The van der Waals surface area contributed by atoms with Crippen LogP contribution in [0, 0.1) is 0 Å². The van der Waals surface area contributed by atoms with Crippen LogP contribution < -0.4 is 14.8 Å². The van der Waals surface area contributed by atoms with Crippen LogP contribution >= 0.6 is 23.4 Å². The van der Waals surface area contributed by atoms with Gasteiger partial charge in [0.2, 0.25) is 5.91 Å². The highest BCUT2D eigenvalue weighted by atomic mass is 35.5. The van der Waals surface area contributed by atoms with Gasteiger partial charge in [0.25, 0.3) is 5.91 Å². The second-order valence-corrected chi connectivity index (χ2v) is 7.53. The molecule has 6 nitrogen and oxygen atoms in total. The molecule has 2 aromatic rings. The predicted octanol–water partition coefficient (Wildman–Crippen LogP) is 3.27. The van der Waals surface area contributed by atoms with Crippen LogP contribution in [-0.2, 0) is 4.79 Å². The molecule has 0 aromatic heterocycles. The monoisotopic (exact) mass is 404 g/mol. The molecule has 1 fully saturated rings. The van der Waals surface area contributed by atoms with Gasteiger partial charge in [0.15, 0.2) is 11.5 Å². The minimum atomic E-state index is -0.563. The van der Waals surface area contributed by atoms with Gasteiger partial charge < -0.3 is 19.7 Å². The lowest BCUT2D eigenvalue weighted by Gasteiger charge is -2.24. The zero-order valence-electron chi connectivity index (χ0n) is 14.3. The number of thioether (sulfide) groups is 1. The molecule has 0 unspecified atom stereocenters. The molecule has 2 aromatic carbocycles. The van der Waals surface area contributed by atoms with Crippen molar-refractivity contribution in [2.24, 2.45) is 0 Å². The van der Waals surface area contributed by atoms with Gasteiger partial charge in [-0.1, -0.05) is 29.8 Å². The van der Waals surface area contributed by atoms with Crippen LogP contribution in [0.25, 0.3) is 0 Å². The maximum absolute atomic E-state index is 12.8. The molecule has 2 heterocycles. The van der Waals surface area contributed by atoms with Crippen molar-refractivity contribution in [1.29, 1.82) is 0 Å². The van der Waals surface area contributed by atoms with Crippen LogP contribution in [0.4, 0.5) is 5.69 Å². The van der Waals surface area contributed by atoms with Crippen molar-refractivity contribution >= 4 is 40.9 Å². The Morgan fingerprint density at radius 1 is 1.11 bits per heavy atom. The van der Waals surface area contributed by atoms with E-state index in [0.29, 0.717) is 52.6 Å². The molecule has 4 rings (SSSR count). The van der Waals surface area contributed by atoms with Gasteiger partial charge in [-0.2, -0.15) is 0 Å². The Labute approximate surface area is 165 Å². The minimum Gasteiger partial charge on any atom is -0.486 e. The lowest BCUT2D eigenvalue weighted by molar-refractivity contribution is -0.119. The molecule has 1 atom stereocenters. The van der Waals surface area contributed by atoms with E-state index >= 15 is 0 Å². The average Bonchev–Trinajstić information content (AvgIpc) is 3.18. The highest BCUT2D eigenvalue weighted by Gasteiger charge is 2.35. The van der Waals surface area contributed by atoms with Gasteiger partial charge in [0.1, 0.15) is 19.3 Å². The maximum atomic E-state index is 12.8. The van der Waals surface area contributed by atoms with Crippen LogP contribution in [0.5, 0.6) is 11.5 Å². The highest BCUT2D eigenvalue weighted by Crippen LogP contribution is 2.38. The smallest absolute Gasteiger partial charge is 0.255 e. The number of carbonyl (C=O) groups excluding carboxylic acids is 2. The summed E-state index contributed by atoms with van der Waals surface area (Å²) in [6, 6.07) is 11.7. The van der Waals surface area contributed by atoms with Crippen LogP contribution in [0.15, 0.2) is 42.5 Å². The first kappa shape index (κ1) is 18.0. The van der Waals surface area contributed by atoms with E-state index in [2.05, 4.69) is 5.32 Å². The third kappa shape index (κ3) is 3.70. The van der Waals surface area contributed by atoms with Crippen LogP contribution in [0.2, 0.25) is 5.02 Å². The quantitative estimate of drug-likeness (QED) is 0.850. The van der Waals surface area contributed by atoms with Gasteiger partial charge in [-0.3, -0.25) is 9.59 Å². The number of amides is 2. The summed E-state index contributed by atoms with van der Waals surface area (Å²) in [6.45, 7) is 0.908. The molecule has 2 aliphatic rings. The number of nitrogens with zero attached hydrogens (tertiary/aromatic N) is 1. The summed E-state index contributed by atoms with van der Waals surface area (Å²) in [6.07, 6.45) is 0. The van der Waals surface area contributed by atoms with E-state index in [1.165, 1.54) is 0 Å². The molecule has 27 heavy (non-hydrogen) atoms. The normalized spacial score (nSPS) is 18.3. The van der Waals surface area contributed by atoms with Crippen LogP contribution in [-0.4, -0.2) is 47.6 Å². The molecule has 8 heteroatoms. The molecule has 2 amide bonds. The third-order valence-electron chi connectivity index (χ3n) is 4.36. The van der Waals surface area contributed by atoms with E-state index in [4.69, 9.17) is 21.1 Å². The zero-order valence-corrected chi connectivity index (χ0v) is 15.9. The van der Waals surface area contributed by atoms with Gasteiger partial charge in [-0.25, -0.2) is 0 Å². The summed E-state index contributed by atoms with van der Waals surface area (Å²) in [4.78, 5) is 27.2. The van der Waals surface area contributed by atoms with Crippen molar-refractivity contribution < 1.29 is 19.1 Å². The topological polar surface area (TPSA) is 67.9 Å². The molecule has 0 bridgehead atoms. The summed E-state index contributed by atoms with van der Waals surface area (Å²) < 4.78 is 11.0. The van der Waals surface area contributed by atoms with Crippen LogP contribution in [0.3, 0.4) is 0 Å². The Kier molecular flexibility index (Phi) is 5.13. The zero-order chi connectivity index (χ0) is 18.8. The number of benzene rings is 2. The molecule has 2 aliphatic heterocycles. The van der Waals surface area contributed by atoms with E-state index in [-0.39, 0.29) is 11.8 Å². The summed E-state index contributed by atoms with van der Waals surface area (Å²) >= 11 is 7.82. The lowest BCUT2D eigenvalue weighted by atomic mass is 10.1. The number of ether oxygens (including phenoxy) is 2. The number of halogens is 1. The highest BCUT2D eigenvalue weighted by molar-refractivity contribution is 7.99. The molecule has 140 valence electrons. The molecule has 0 spiro atoms. The van der Waals surface area contributed by atoms with Crippen LogP contribution in [0.1, 0.15) is 10.4 Å². The van der Waals surface area contributed by atoms with E-state index in [1.807, 2.05) is 6.07 Å². The molecule has 1 saturated heterocycles. The number of nitrogens with one attached hydrogen (secondary N) is 1. The number of hydrogen-bond acceptors (Lipinski definition) is 5. The van der Waals surface area contributed by atoms with Gasteiger partial charge in [0.05, 0.1) is 16.6 Å². The Bertz CT molecular complexity index is 878. The fourth-order valence-electron chi connectivity index (χ4n) is 2.98. The summed E-state index contributed by atoms with van der Waals surface area (Å²) in [5.74, 6) is 1.67. The summed E-state index contributed by atoms with van der Waals surface area (Å²) in [5.41, 5.74) is 1.00. The van der Waals surface area contributed by atoms with Crippen molar-refractivity contribution in [3.8, 4) is 11.5 Å². The first-order valence-electron chi connectivity index (χ1n) is 8.47. The Balaban J connectivity index is 1.51. The summed E-state index contributed by atoms with van der Waals surface area (Å²) in [7, 11) is 0. The Morgan fingerprint density at radius 2 is 1.81 bits per heavy atom. The second kappa shape index (κ2) is 7.70. The van der Waals surface area contributed by atoms with Crippen molar-refractivity contribution in [2.75, 3.05) is 30.2 Å². The van der Waals surface area contributed by atoms with E-state index in [0.717, 1.165) is 0 Å². The number of anilines is 1. The van der Waals surface area contributed by atoms with Gasteiger partial charge in [0, 0.05) is 23.4 Å². The SMILES string of the molecule is O=C(Nc1cc2c(cc1Cl)OCCO2)[C@@H]1CSCN1C(=O)c1ccccc1. The van der Waals surface area contributed by atoms with E-state index < -0.39 is 6.04 Å². The van der Waals surface area contributed by atoms with Gasteiger partial charge >= 0.3 is 0 Å². The van der Waals surface area contributed by atoms with Crippen molar-refractivity contribution in [3.63, 3.8) is 0 Å². The molecular weight excluding hydrogens is 388 g/mol. The fraction of sp³-hybridized carbons (Fsp3) is 0.263. The van der Waals surface area contributed by atoms with Gasteiger partial charge in [-0.05, 0) is 12.1 Å².